The number of carbonyl (C=O) groups excluding carboxylic acids is 2. The zero-order chi connectivity index (χ0) is 33.2. The number of aromatic nitrogens is 3. The van der Waals surface area contributed by atoms with Crippen molar-refractivity contribution in [3.8, 4) is 22.2 Å². The topological polar surface area (TPSA) is 119 Å². The lowest BCUT2D eigenvalue weighted by molar-refractivity contribution is -0.123. The molecule has 0 aliphatic carbocycles. The van der Waals surface area contributed by atoms with Crippen LogP contribution in [-0.2, 0) is 4.74 Å². The molecule has 0 spiro atoms. The van der Waals surface area contributed by atoms with Gasteiger partial charge in [-0.2, -0.15) is 13.2 Å². The Bertz CT molecular complexity index is 1740. The van der Waals surface area contributed by atoms with Crippen LogP contribution < -0.4 is 15.4 Å². The number of hydrogen-bond acceptors (Lipinski definition) is 9. The summed E-state index contributed by atoms with van der Waals surface area (Å²) in [6.45, 7) is 5.71. The van der Waals surface area contributed by atoms with Crippen molar-refractivity contribution < 1.29 is 36.6 Å². The average Bonchev–Trinajstić information content (AvgIpc) is 3.34. The number of fused-ring (bicyclic) bond motifs is 1. The summed E-state index contributed by atoms with van der Waals surface area (Å²) in [5.41, 5.74) is -0.175. The van der Waals surface area contributed by atoms with E-state index < -0.39 is 42.5 Å². The van der Waals surface area contributed by atoms with Crippen LogP contribution in [0.4, 0.5) is 28.3 Å². The quantitative estimate of drug-likeness (QED) is 0.206. The summed E-state index contributed by atoms with van der Waals surface area (Å²) in [6, 6.07) is 10.8. The molecule has 2 amide bonds. The molecule has 0 saturated carbocycles. The zero-order valence-corrected chi connectivity index (χ0v) is 26.3. The van der Waals surface area contributed by atoms with Gasteiger partial charge < -0.3 is 25.0 Å². The van der Waals surface area contributed by atoms with E-state index in [0.717, 1.165) is 0 Å². The first-order chi connectivity index (χ1) is 21.6. The van der Waals surface area contributed by atoms with Gasteiger partial charge in [0.25, 0.3) is 5.91 Å². The molecular weight excluding hydrogens is 628 g/mol. The number of ether oxygens (including phenoxy) is 2. The van der Waals surface area contributed by atoms with Crippen LogP contribution in [0, 0.1) is 6.92 Å². The fraction of sp³-hybridized carbons (Fsp3) is 0.387. The molecule has 2 atom stereocenters. The highest BCUT2D eigenvalue weighted by atomic mass is 32.1. The van der Waals surface area contributed by atoms with Crippen molar-refractivity contribution >= 4 is 40.1 Å². The molecule has 0 bridgehead atoms. The third kappa shape index (κ3) is 8.19. The van der Waals surface area contributed by atoms with Crippen molar-refractivity contribution in [2.24, 2.45) is 0 Å². The maximum atomic E-state index is 14.6. The van der Waals surface area contributed by atoms with E-state index >= 15 is 0 Å². The Labute approximate surface area is 266 Å². The van der Waals surface area contributed by atoms with Crippen LogP contribution >= 0.6 is 11.3 Å². The molecule has 46 heavy (non-hydrogen) atoms. The number of aryl methyl sites for hydroxylation is 1. The second kappa shape index (κ2) is 13.1. The van der Waals surface area contributed by atoms with Crippen molar-refractivity contribution in [3.05, 3.63) is 59.2 Å². The molecular formula is C31H32F4N6O4S. The Morgan fingerprint density at radius 2 is 1.78 bits per heavy atom. The molecule has 1 aliphatic heterocycles. The van der Waals surface area contributed by atoms with Gasteiger partial charge in [0.1, 0.15) is 28.9 Å². The van der Waals surface area contributed by atoms with E-state index in [2.05, 4.69) is 20.3 Å². The summed E-state index contributed by atoms with van der Waals surface area (Å²) < 4.78 is 64.4. The molecule has 4 aromatic rings. The maximum absolute atomic E-state index is 14.6. The highest BCUT2D eigenvalue weighted by Gasteiger charge is 2.33. The van der Waals surface area contributed by atoms with E-state index in [1.165, 1.54) is 34.6 Å². The fourth-order valence-corrected chi connectivity index (χ4v) is 5.75. The van der Waals surface area contributed by atoms with Gasteiger partial charge in [0.05, 0.1) is 17.2 Å². The normalized spacial score (nSPS) is 17.1. The van der Waals surface area contributed by atoms with Gasteiger partial charge in [0, 0.05) is 36.2 Å². The first kappa shape index (κ1) is 32.9. The number of anilines is 1. The third-order valence-electron chi connectivity index (χ3n) is 6.76. The minimum absolute atomic E-state index is 0.0665. The van der Waals surface area contributed by atoms with Crippen LogP contribution in [0.2, 0.25) is 0 Å². The summed E-state index contributed by atoms with van der Waals surface area (Å²) in [5, 5.41) is 6.61. The summed E-state index contributed by atoms with van der Waals surface area (Å²) >= 11 is 1.32. The van der Waals surface area contributed by atoms with Crippen LogP contribution in [0.25, 0.3) is 21.3 Å². The van der Waals surface area contributed by atoms with Gasteiger partial charge in [-0.15, -0.1) is 11.3 Å². The Kier molecular flexibility index (Phi) is 9.33. The monoisotopic (exact) mass is 660 g/mol. The smallest absolute Gasteiger partial charge is 0.410 e. The standard InChI is InChI=1S/C31H32F4N6O4S/c1-17-38-27(44-24-10-9-22(20-7-5-6-8-21(20)24)26(42)37-16-31(33,34)35)25(46-17)23-11-12-36-28(40-23)39-19-13-18(32)14-41(15-19)29(43)45-30(2,3)4/h5-12,18-19H,13-16H2,1-4H3,(H,37,42)(H,36,39,40)/t18-,19-/m0/s1. The van der Waals surface area contributed by atoms with E-state index in [0.29, 0.717) is 32.1 Å². The number of thiazole rings is 1. The summed E-state index contributed by atoms with van der Waals surface area (Å²) in [7, 11) is 0. The van der Waals surface area contributed by atoms with Gasteiger partial charge in [-0.3, -0.25) is 4.79 Å². The lowest BCUT2D eigenvalue weighted by Gasteiger charge is -2.36. The number of hydrogen-bond donors (Lipinski definition) is 2. The predicted molar refractivity (Wildman–Crippen MR) is 165 cm³/mol. The number of halogens is 4. The molecule has 1 fully saturated rings. The van der Waals surface area contributed by atoms with Gasteiger partial charge in [-0.1, -0.05) is 24.3 Å². The Morgan fingerprint density at radius 3 is 2.50 bits per heavy atom. The number of piperidine rings is 1. The van der Waals surface area contributed by atoms with Gasteiger partial charge in [-0.25, -0.2) is 24.1 Å². The number of rotatable bonds is 7. The van der Waals surface area contributed by atoms with Gasteiger partial charge in [-0.05, 0) is 51.3 Å². The van der Waals surface area contributed by atoms with Crippen molar-refractivity contribution in [2.45, 2.75) is 58.1 Å². The number of alkyl halides is 4. The van der Waals surface area contributed by atoms with Gasteiger partial charge in [0.15, 0.2) is 0 Å². The molecule has 2 N–H and O–H groups in total. The van der Waals surface area contributed by atoms with E-state index in [9.17, 15) is 27.2 Å². The van der Waals surface area contributed by atoms with Crippen LogP contribution in [0.5, 0.6) is 11.6 Å². The van der Waals surface area contributed by atoms with Crippen molar-refractivity contribution in [1.29, 1.82) is 0 Å². The van der Waals surface area contributed by atoms with Crippen LogP contribution in [-0.4, -0.2) is 75.5 Å². The number of amides is 2. The molecule has 10 nitrogen and oxygen atoms in total. The molecule has 15 heteroatoms. The largest absolute Gasteiger partial charge is 0.444 e. The Hall–Kier alpha value is -4.53. The number of likely N-dealkylation sites (tertiary alicyclic amines) is 1. The fourth-order valence-electron chi connectivity index (χ4n) is 4.93. The Balaban J connectivity index is 1.37. The minimum Gasteiger partial charge on any atom is -0.444 e. The lowest BCUT2D eigenvalue weighted by atomic mass is 10.0. The van der Waals surface area contributed by atoms with Crippen molar-refractivity contribution in [3.63, 3.8) is 0 Å². The molecule has 3 heterocycles. The zero-order valence-electron chi connectivity index (χ0n) is 25.4. The third-order valence-corrected chi connectivity index (χ3v) is 7.73. The molecule has 2 aromatic carbocycles. The predicted octanol–water partition coefficient (Wildman–Crippen LogP) is 6.91. The first-order valence-electron chi connectivity index (χ1n) is 14.4. The van der Waals surface area contributed by atoms with Gasteiger partial charge in [0.2, 0.25) is 11.8 Å². The van der Waals surface area contributed by atoms with Crippen LogP contribution in [0.3, 0.4) is 0 Å². The highest BCUT2D eigenvalue weighted by molar-refractivity contribution is 7.15. The first-order valence-corrected chi connectivity index (χ1v) is 15.2. The summed E-state index contributed by atoms with van der Waals surface area (Å²) in [5.74, 6) is -0.0838. The number of nitrogens with one attached hydrogen (secondary N) is 2. The van der Waals surface area contributed by atoms with Crippen molar-refractivity contribution in [1.82, 2.24) is 25.2 Å². The molecule has 2 aromatic heterocycles. The van der Waals surface area contributed by atoms with E-state index in [4.69, 9.17) is 9.47 Å². The summed E-state index contributed by atoms with van der Waals surface area (Å²) in [4.78, 5) is 40.5. The van der Waals surface area contributed by atoms with Gasteiger partial charge >= 0.3 is 12.3 Å². The summed E-state index contributed by atoms with van der Waals surface area (Å²) in [6.07, 6.45) is -4.72. The maximum Gasteiger partial charge on any atom is 0.410 e. The van der Waals surface area contributed by atoms with Crippen molar-refractivity contribution in [2.75, 3.05) is 25.0 Å². The molecule has 1 aliphatic rings. The SMILES string of the molecule is Cc1nc(Oc2ccc(C(=O)NCC(F)(F)F)c3ccccc23)c(-c2ccnc(N[C@H]3C[C@H](F)CN(C(=O)OC(C)(C)C)C3)n2)s1. The molecule has 244 valence electrons. The molecule has 5 rings (SSSR count). The highest BCUT2D eigenvalue weighted by Crippen LogP contribution is 2.39. The second-order valence-corrected chi connectivity index (χ2v) is 13.0. The lowest BCUT2D eigenvalue weighted by Crippen LogP contribution is -2.51. The Morgan fingerprint density at radius 1 is 1.04 bits per heavy atom. The number of carbonyl (C=O) groups is 2. The molecule has 0 unspecified atom stereocenters. The van der Waals surface area contributed by atoms with E-state index in [-0.39, 0.29) is 36.9 Å². The minimum atomic E-state index is -4.55. The molecule has 1 saturated heterocycles. The van der Waals surface area contributed by atoms with E-state index in [1.54, 1.807) is 58.0 Å². The van der Waals surface area contributed by atoms with E-state index in [1.807, 2.05) is 5.32 Å². The average molecular weight is 661 g/mol. The number of nitrogens with zero attached hydrogens (tertiary/aromatic N) is 4. The second-order valence-electron chi connectivity index (χ2n) is 11.7. The van der Waals surface area contributed by atoms with Crippen LogP contribution in [0.1, 0.15) is 42.6 Å². The molecule has 0 radical (unpaired) electrons. The number of benzene rings is 2. The van der Waals surface area contributed by atoms with Crippen LogP contribution in [0.15, 0.2) is 48.7 Å².